The summed E-state index contributed by atoms with van der Waals surface area (Å²) in [4.78, 5) is 0. The lowest BCUT2D eigenvalue weighted by Crippen LogP contribution is -2.23. The maximum absolute atomic E-state index is 14.1. The highest BCUT2D eigenvalue weighted by Crippen LogP contribution is 2.29. The third kappa shape index (κ3) is 3.39. The largest absolute Gasteiger partial charge is 0.306 e. The van der Waals surface area contributed by atoms with Crippen molar-refractivity contribution in [3.8, 4) is 0 Å². The zero-order chi connectivity index (χ0) is 15.6. The Morgan fingerprint density at radius 3 is 2.38 bits per heavy atom. The van der Waals surface area contributed by atoms with Crippen LogP contribution in [0.5, 0.6) is 0 Å². The summed E-state index contributed by atoms with van der Waals surface area (Å²) < 4.78 is 41.1. The molecule has 2 aromatic rings. The molecule has 0 bridgehead atoms. The van der Waals surface area contributed by atoms with Crippen LogP contribution in [0.25, 0.3) is 0 Å². The minimum absolute atomic E-state index is 0.143. The van der Waals surface area contributed by atoms with Gasteiger partial charge in [0.15, 0.2) is 0 Å². The predicted octanol–water partition coefficient (Wildman–Crippen LogP) is 4.76. The van der Waals surface area contributed by atoms with E-state index in [4.69, 9.17) is 11.6 Å². The number of benzene rings is 2. The fourth-order valence-electron chi connectivity index (χ4n) is 2.22. The minimum Gasteiger partial charge on any atom is -0.306 e. The highest BCUT2D eigenvalue weighted by molar-refractivity contribution is 6.30. The lowest BCUT2D eigenvalue weighted by Gasteiger charge is -2.20. The van der Waals surface area contributed by atoms with Gasteiger partial charge < -0.3 is 5.32 Å². The van der Waals surface area contributed by atoms with E-state index in [0.717, 1.165) is 12.1 Å². The molecule has 0 aliphatic heterocycles. The summed E-state index contributed by atoms with van der Waals surface area (Å²) in [5.74, 6) is -1.62. The summed E-state index contributed by atoms with van der Waals surface area (Å²) in [7, 11) is 0. The molecule has 0 spiro atoms. The topological polar surface area (TPSA) is 12.0 Å². The van der Waals surface area contributed by atoms with E-state index >= 15 is 0 Å². The number of halogens is 4. The molecule has 0 saturated carbocycles. The van der Waals surface area contributed by atoms with Gasteiger partial charge >= 0.3 is 0 Å². The van der Waals surface area contributed by atoms with Gasteiger partial charge in [0.05, 0.1) is 11.1 Å². The van der Waals surface area contributed by atoms with E-state index in [2.05, 4.69) is 5.32 Å². The van der Waals surface area contributed by atoms with Crippen LogP contribution in [-0.4, -0.2) is 6.54 Å². The molecule has 0 aliphatic carbocycles. The molecule has 0 radical (unpaired) electrons. The fraction of sp³-hybridized carbons (Fsp3) is 0.250. The summed E-state index contributed by atoms with van der Waals surface area (Å²) in [5.41, 5.74) is 1.26. The van der Waals surface area contributed by atoms with Gasteiger partial charge in [-0.05, 0) is 42.8 Å². The molecule has 0 aliphatic rings. The Morgan fingerprint density at radius 1 is 1.05 bits per heavy atom. The van der Waals surface area contributed by atoms with Crippen molar-refractivity contribution < 1.29 is 13.2 Å². The number of hydrogen-bond acceptors (Lipinski definition) is 1. The van der Waals surface area contributed by atoms with Crippen LogP contribution in [0.3, 0.4) is 0 Å². The van der Waals surface area contributed by atoms with E-state index < -0.39 is 17.7 Å². The number of rotatable bonds is 4. The Kier molecular flexibility index (Phi) is 4.91. The molecule has 2 aromatic carbocycles. The van der Waals surface area contributed by atoms with Crippen molar-refractivity contribution in [2.24, 2.45) is 0 Å². The van der Waals surface area contributed by atoms with Crippen LogP contribution in [0.4, 0.5) is 13.2 Å². The van der Waals surface area contributed by atoms with E-state index in [-0.39, 0.29) is 16.4 Å². The Morgan fingerprint density at radius 2 is 1.76 bits per heavy atom. The van der Waals surface area contributed by atoms with Crippen molar-refractivity contribution in [1.82, 2.24) is 5.32 Å². The second-order valence-electron chi connectivity index (χ2n) is 4.79. The quantitative estimate of drug-likeness (QED) is 0.802. The first-order chi connectivity index (χ1) is 9.93. The van der Waals surface area contributed by atoms with Gasteiger partial charge in [0.1, 0.15) is 17.5 Å². The van der Waals surface area contributed by atoms with E-state index in [1.807, 2.05) is 6.92 Å². The van der Waals surface area contributed by atoms with Gasteiger partial charge in [-0.2, -0.15) is 0 Å². The molecule has 2 rings (SSSR count). The van der Waals surface area contributed by atoms with Crippen molar-refractivity contribution in [2.75, 3.05) is 6.54 Å². The smallest absolute Gasteiger partial charge is 0.142 e. The molecular weight excluding hydrogens is 299 g/mol. The normalized spacial score (nSPS) is 12.5. The number of nitrogens with one attached hydrogen (secondary N) is 1. The number of aryl methyl sites for hydroxylation is 1. The summed E-state index contributed by atoms with van der Waals surface area (Å²) in [5, 5.41) is 2.81. The van der Waals surface area contributed by atoms with Crippen LogP contribution in [-0.2, 0) is 0 Å². The highest BCUT2D eigenvalue weighted by atomic mass is 35.5. The van der Waals surface area contributed by atoms with Gasteiger partial charge in [0.25, 0.3) is 0 Å². The predicted molar refractivity (Wildman–Crippen MR) is 78.0 cm³/mol. The Balaban J connectivity index is 2.52. The average molecular weight is 314 g/mol. The Labute approximate surface area is 126 Å². The Bertz CT molecular complexity index is 658. The molecular formula is C16H15ClF3N. The molecule has 0 saturated heterocycles. The molecule has 21 heavy (non-hydrogen) atoms. The minimum atomic E-state index is -0.685. The van der Waals surface area contributed by atoms with Crippen molar-refractivity contribution in [1.29, 1.82) is 0 Å². The maximum atomic E-state index is 14.1. The van der Waals surface area contributed by atoms with Crippen molar-refractivity contribution in [3.63, 3.8) is 0 Å². The molecule has 0 fully saturated rings. The van der Waals surface area contributed by atoms with Gasteiger partial charge in [0.2, 0.25) is 0 Å². The fourth-order valence-corrected chi connectivity index (χ4v) is 2.37. The van der Waals surface area contributed by atoms with Gasteiger partial charge in [-0.3, -0.25) is 0 Å². The van der Waals surface area contributed by atoms with Gasteiger partial charge in [-0.15, -0.1) is 0 Å². The van der Waals surface area contributed by atoms with Gasteiger partial charge in [-0.25, -0.2) is 13.2 Å². The zero-order valence-corrected chi connectivity index (χ0v) is 12.4. The molecule has 0 aromatic heterocycles. The molecule has 0 amide bonds. The number of hydrogen-bond donors (Lipinski definition) is 1. The molecule has 0 heterocycles. The van der Waals surface area contributed by atoms with Gasteiger partial charge in [-0.1, -0.05) is 30.7 Å². The van der Waals surface area contributed by atoms with E-state index in [9.17, 15) is 13.2 Å². The van der Waals surface area contributed by atoms with Crippen LogP contribution >= 0.6 is 11.6 Å². The van der Waals surface area contributed by atoms with E-state index in [1.165, 1.54) is 6.07 Å². The second kappa shape index (κ2) is 6.50. The zero-order valence-electron chi connectivity index (χ0n) is 11.7. The second-order valence-corrected chi connectivity index (χ2v) is 5.19. The monoisotopic (exact) mass is 313 g/mol. The SMILES string of the molecule is CCNC(c1ccc(F)c(C)c1)c1cc(F)c(Cl)cc1F. The summed E-state index contributed by atoms with van der Waals surface area (Å²) in [6.07, 6.45) is 0. The van der Waals surface area contributed by atoms with Crippen LogP contribution in [0, 0.1) is 24.4 Å². The van der Waals surface area contributed by atoms with Crippen molar-refractivity contribution >= 4 is 11.6 Å². The average Bonchev–Trinajstić information content (AvgIpc) is 2.44. The summed E-state index contributed by atoms with van der Waals surface area (Å²) in [6.45, 7) is 4.03. The Hall–Kier alpha value is -1.52. The van der Waals surface area contributed by atoms with Gasteiger partial charge in [0, 0.05) is 5.56 Å². The summed E-state index contributed by atoms with van der Waals surface area (Å²) >= 11 is 5.57. The van der Waals surface area contributed by atoms with Crippen LogP contribution in [0.2, 0.25) is 5.02 Å². The van der Waals surface area contributed by atoms with Crippen molar-refractivity contribution in [3.05, 3.63) is 69.5 Å². The summed E-state index contributed by atoms with van der Waals surface area (Å²) in [6, 6.07) is 5.95. The van der Waals surface area contributed by atoms with Crippen LogP contribution in [0.1, 0.15) is 29.7 Å². The first-order valence-electron chi connectivity index (χ1n) is 6.58. The first-order valence-corrected chi connectivity index (χ1v) is 6.95. The molecule has 1 nitrogen and oxygen atoms in total. The maximum Gasteiger partial charge on any atom is 0.142 e. The first kappa shape index (κ1) is 15.9. The molecule has 1 atom stereocenters. The lowest BCUT2D eigenvalue weighted by molar-refractivity contribution is 0.543. The third-order valence-corrected chi connectivity index (χ3v) is 3.56. The van der Waals surface area contributed by atoms with E-state index in [1.54, 1.807) is 19.1 Å². The van der Waals surface area contributed by atoms with Crippen LogP contribution < -0.4 is 5.32 Å². The molecule has 1 N–H and O–H groups in total. The molecule has 5 heteroatoms. The van der Waals surface area contributed by atoms with Crippen molar-refractivity contribution in [2.45, 2.75) is 19.9 Å². The van der Waals surface area contributed by atoms with E-state index in [0.29, 0.717) is 17.7 Å². The standard InChI is InChI=1S/C16H15ClF3N/c1-3-21-16(10-4-5-13(18)9(2)6-10)11-7-15(20)12(17)8-14(11)19/h4-8,16,21H,3H2,1-2H3. The molecule has 1 unspecified atom stereocenters. The third-order valence-electron chi connectivity index (χ3n) is 3.27. The lowest BCUT2D eigenvalue weighted by atomic mass is 9.96. The molecule has 112 valence electrons. The van der Waals surface area contributed by atoms with Crippen LogP contribution in [0.15, 0.2) is 30.3 Å². The highest BCUT2D eigenvalue weighted by Gasteiger charge is 2.20.